The molecule has 0 atom stereocenters. The minimum atomic E-state index is -0.954. The molecule has 0 aliphatic rings. The van der Waals surface area contributed by atoms with E-state index in [1.807, 2.05) is 42.5 Å². The number of rotatable bonds is 6. The van der Waals surface area contributed by atoms with Crippen LogP contribution in [0, 0.1) is 0 Å². The molecule has 0 aromatic heterocycles. The molecule has 3 rings (SSSR count). The van der Waals surface area contributed by atoms with Gasteiger partial charge in [-0.25, -0.2) is 5.43 Å². The fraction of sp³-hybridized carbons (Fsp3) is 0.0455. The molecule has 2 amide bonds. The van der Waals surface area contributed by atoms with Crippen LogP contribution in [-0.4, -0.2) is 18.0 Å². The van der Waals surface area contributed by atoms with Crippen molar-refractivity contribution in [2.45, 2.75) is 6.61 Å². The van der Waals surface area contributed by atoms with Gasteiger partial charge in [0.05, 0.1) is 21.9 Å². The van der Waals surface area contributed by atoms with Crippen molar-refractivity contribution >= 4 is 46.9 Å². The number of carbonyl (C=O) groups is 2. The number of carbonyl (C=O) groups excluding carboxylic acids is 2. The van der Waals surface area contributed by atoms with Gasteiger partial charge in [-0.2, -0.15) is 5.10 Å². The van der Waals surface area contributed by atoms with Gasteiger partial charge in [0, 0.05) is 5.56 Å². The Morgan fingerprint density at radius 3 is 2.43 bits per heavy atom. The van der Waals surface area contributed by atoms with Crippen LogP contribution in [0.5, 0.6) is 5.75 Å². The summed E-state index contributed by atoms with van der Waals surface area (Å²) < 4.78 is 5.82. The third-order valence-corrected chi connectivity index (χ3v) is 4.75. The lowest BCUT2D eigenvalue weighted by Crippen LogP contribution is -2.32. The van der Waals surface area contributed by atoms with Crippen molar-refractivity contribution < 1.29 is 14.3 Å². The zero-order valence-corrected chi connectivity index (χ0v) is 17.2. The Balaban J connectivity index is 1.59. The first-order chi connectivity index (χ1) is 14.5. The zero-order chi connectivity index (χ0) is 21.3. The first-order valence-electron chi connectivity index (χ1n) is 8.89. The molecule has 30 heavy (non-hydrogen) atoms. The molecule has 0 unspecified atom stereocenters. The Morgan fingerprint density at radius 2 is 1.63 bits per heavy atom. The van der Waals surface area contributed by atoms with Gasteiger partial charge in [-0.15, -0.1) is 0 Å². The number of ether oxygens (including phenoxy) is 1. The zero-order valence-electron chi connectivity index (χ0n) is 15.6. The second kappa shape index (κ2) is 10.4. The molecule has 2 N–H and O–H groups in total. The summed E-state index contributed by atoms with van der Waals surface area (Å²) in [7, 11) is 0. The van der Waals surface area contributed by atoms with E-state index in [0.29, 0.717) is 17.9 Å². The highest BCUT2D eigenvalue weighted by Crippen LogP contribution is 2.29. The quantitative estimate of drug-likeness (QED) is 0.331. The molecule has 0 bridgehead atoms. The van der Waals surface area contributed by atoms with Crippen LogP contribution < -0.4 is 15.5 Å². The van der Waals surface area contributed by atoms with Crippen LogP contribution in [0.2, 0.25) is 10.0 Å². The maximum atomic E-state index is 12.0. The molecule has 0 fully saturated rings. The van der Waals surface area contributed by atoms with Gasteiger partial charge in [-0.1, -0.05) is 71.7 Å². The van der Waals surface area contributed by atoms with E-state index in [4.69, 9.17) is 27.9 Å². The topological polar surface area (TPSA) is 79.8 Å². The number of hydrogen-bond acceptors (Lipinski definition) is 4. The summed E-state index contributed by atoms with van der Waals surface area (Å²) in [5.41, 5.74) is 4.07. The van der Waals surface area contributed by atoms with Gasteiger partial charge in [0.15, 0.2) is 0 Å². The highest BCUT2D eigenvalue weighted by Gasteiger charge is 2.15. The molecule has 0 saturated heterocycles. The maximum Gasteiger partial charge on any atom is 0.329 e. The molecular formula is C22H17Cl2N3O3. The number of anilines is 1. The predicted molar refractivity (Wildman–Crippen MR) is 118 cm³/mol. The van der Waals surface area contributed by atoms with Crippen molar-refractivity contribution in [1.82, 2.24) is 5.43 Å². The van der Waals surface area contributed by atoms with E-state index in [1.165, 1.54) is 12.3 Å². The molecular weight excluding hydrogens is 425 g/mol. The van der Waals surface area contributed by atoms with E-state index in [0.717, 1.165) is 5.56 Å². The Kier molecular flexibility index (Phi) is 7.43. The summed E-state index contributed by atoms with van der Waals surface area (Å²) in [5, 5.41) is 6.63. The first-order valence-corrected chi connectivity index (χ1v) is 9.64. The molecule has 6 nitrogen and oxygen atoms in total. The minimum absolute atomic E-state index is 0.147. The number of nitrogens with zero attached hydrogens (tertiary/aromatic N) is 1. The number of benzene rings is 3. The first kappa shape index (κ1) is 21.4. The van der Waals surface area contributed by atoms with Crippen molar-refractivity contribution in [2.75, 3.05) is 5.32 Å². The lowest BCUT2D eigenvalue weighted by molar-refractivity contribution is -0.136. The summed E-state index contributed by atoms with van der Waals surface area (Å²) in [4.78, 5) is 24.0. The molecule has 0 aliphatic heterocycles. The van der Waals surface area contributed by atoms with E-state index >= 15 is 0 Å². The summed E-state index contributed by atoms with van der Waals surface area (Å²) >= 11 is 11.9. The van der Waals surface area contributed by atoms with Gasteiger partial charge in [0.2, 0.25) is 0 Å². The second-order valence-electron chi connectivity index (χ2n) is 6.07. The predicted octanol–water partition coefficient (Wildman–Crippen LogP) is 4.66. The van der Waals surface area contributed by atoms with Gasteiger partial charge in [0.1, 0.15) is 12.4 Å². The largest absolute Gasteiger partial charge is 0.488 e. The van der Waals surface area contributed by atoms with Crippen LogP contribution in [0.1, 0.15) is 11.1 Å². The SMILES string of the molecule is O=C(N/N=C\c1ccccc1OCc1ccccc1)C(=O)Nc1cccc(Cl)c1Cl. The summed E-state index contributed by atoms with van der Waals surface area (Å²) in [6.07, 6.45) is 1.40. The van der Waals surface area contributed by atoms with Crippen LogP contribution in [0.25, 0.3) is 0 Å². The van der Waals surface area contributed by atoms with Crippen molar-refractivity contribution in [2.24, 2.45) is 5.10 Å². The van der Waals surface area contributed by atoms with E-state index < -0.39 is 11.8 Å². The van der Waals surface area contributed by atoms with Gasteiger partial charge in [-0.3, -0.25) is 9.59 Å². The fourth-order valence-electron chi connectivity index (χ4n) is 2.44. The smallest absolute Gasteiger partial charge is 0.329 e. The Bertz CT molecular complexity index is 1070. The van der Waals surface area contributed by atoms with Crippen molar-refractivity contribution in [3.63, 3.8) is 0 Å². The summed E-state index contributed by atoms with van der Waals surface area (Å²) in [6.45, 7) is 0.390. The maximum absolute atomic E-state index is 12.0. The minimum Gasteiger partial charge on any atom is -0.488 e. The third-order valence-electron chi connectivity index (χ3n) is 3.93. The standard InChI is InChI=1S/C22H17Cl2N3O3/c23-17-10-6-11-18(20(17)24)26-21(28)22(29)27-25-13-16-9-4-5-12-19(16)30-14-15-7-2-1-3-8-15/h1-13H,14H2,(H,26,28)(H,27,29)/b25-13-. The Morgan fingerprint density at radius 1 is 0.900 bits per heavy atom. The molecule has 8 heteroatoms. The van der Waals surface area contributed by atoms with E-state index in [1.54, 1.807) is 24.3 Å². The van der Waals surface area contributed by atoms with Crippen LogP contribution in [-0.2, 0) is 16.2 Å². The van der Waals surface area contributed by atoms with Crippen LogP contribution in [0.3, 0.4) is 0 Å². The Labute approximate surface area is 183 Å². The third kappa shape index (κ3) is 5.83. The van der Waals surface area contributed by atoms with Gasteiger partial charge in [-0.05, 0) is 29.8 Å². The highest BCUT2D eigenvalue weighted by molar-refractivity contribution is 6.45. The van der Waals surface area contributed by atoms with Crippen molar-refractivity contribution in [1.29, 1.82) is 0 Å². The summed E-state index contributed by atoms with van der Waals surface area (Å²) in [5.74, 6) is -1.29. The van der Waals surface area contributed by atoms with Crippen LogP contribution in [0.4, 0.5) is 5.69 Å². The number of hydrogen-bond donors (Lipinski definition) is 2. The number of amides is 2. The molecule has 0 radical (unpaired) electrons. The summed E-state index contributed by atoms with van der Waals surface area (Å²) in [6, 6.07) is 21.6. The molecule has 3 aromatic rings. The lowest BCUT2D eigenvalue weighted by Gasteiger charge is -2.09. The van der Waals surface area contributed by atoms with Crippen LogP contribution in [0.15, 0.2) is 77.9 Å². The number of halogens is 2. The molecule has 0 saturated carbocycles. The number of hydrazone groups is 1. The molecule has 0 aliphatic carbocycles. The molecule has 0 heterocycles. The lowest BCUT2D eigenvalue weighted by atomic mass is 10.2. The fourth-order valence-corrected chi connectivity index (χ4v) is 2.79. The monoisotopic (exact) mass is 441 g/mol. The highest BCUT2D eigenvalue weighted by atomic mass is 35.5. The van der Waals surface area contributed by atoms with Crippen molar-refractivity contribution in [3.05, 3.63) is 94.0 Å². The second-order valence-corrected chi connectivity index (χ2v) is 6.85. The molecule has 152 valence electrons. The molecule has 3 aromatic carbocycles. The number of para-hydroxylation sites is 1. The average Bonchev–Trinajstić information content (AvgIpc) is 2.77. The molecule has 0 spiro atoms. The van der Waals surface area contributed by atoms with Gasteiger partial charge >= 0.3 is 11.8 Å². The van der Waals surface area contributed by atoms with E-state index in [-0.39, 0.29) is 15.7 Å². The average molecular weight is 442 g/mol. The normalized spacial score (nSPS) is 10.6. The van der Waals surface area contributed by atoms with E-state index in [9.17, 15) is 9.59 Å². The number of nitrogens with one attached hydrogen (secondary N) is 2. The van der Waals surface area contributed by atoms with Gasteiger partial charge in [0.25, 0.3) is 0 Å². The van der Waals surface area contributed by atoms with Crippen molar-refractivity contribution in [3.8, 4) is 5.75 Å². The van der Waals surface area contributed by atoms with Gasteiger partial charge < -0.3 is 10.1 Å². The Hall–Kier alpha value is -3.35. The van der Waals surface area contributed by atoms with E-state index in [2.05, 4.69) is 15.8 Å². The van der Waals surface area contributed by atoms with Crippen LogP contribution >= 0.6 is 23.2 Å².